The molecule has 0 aliphatic carbocycles. The van der Waals surface area contributed by atoms with E-state index in [9.17, 15) is 4.39 Å². The summed E-state index contributed by atoms with van der Waals surface area (Å²) in [4.78, 5) is 8.42. The maximum absolute atomic E-state index is 13.9. The topological polar surface area (TPSA) is 37.8 Å². The molecule has 1 aromatic heterocycles. The maximum Gasteiger partial charge on any atom is 0.145 e. The minimum atomic E-state index is -0.366. The molecule has 1 N–H and O–H groups in total. The second-order valence-electron chi connectivity index (χ2n) is 4.29. The van der Waals surface area contributed by atoms with E-state index in [-0.39, 0.29) is 16.9 Å². The Labute approximate surface area is 116 Å². The number of rotatable bonds is 4. The molecule has 19 heavy (non-hydrogen) atoms. The molecular formula is C14H15ClFN3. The summed E-state index contributed by atoms with van der Waals surface area (Å²) in [5.41, 5.74) is 1.41. The van der Waals surface area contributed by atoms with Crippen molar-refractivity contribution in [3.05, 3.63) is 58.4 Å². The molecule has 0 amide bonds. The van der Waals surface area contributed by atoms with Gasteiger partial charge in [0.25, 0.3) is 0 Å². The van der Waals surface area contributed by atoms with Gasteiger partial charge < -0.3 is 5.32 Å². The highest BCUT2D eigenvalue weighted by Gasteiger charge is 2.15. The van der Waals surface area contributed by atoms with E-state index in [0.717, 1.165) is 5.69 Å². The maximum atomic E-state index is 13.9. The monoisotopic (exact) mass is 279 g/mol. The highest BCUT2D eigenvalue weighted by Crippen LogP contribution is 2.23. The summed E-state index contributed by atoms with van der Waals surface area (Å²) in [6, 6.07) is 6.79. The molecule has 2 rings (SSSR count). The summed E-state index contributed by atoms with van der Waals surface area (Å²) in [6.07, 6.45) is 2.19. The minimum absolute atomic E-state index is 0.0744. The van der Waals surface area contributed by atoms with Crippen molar-refractivity contribution in [2.75, 3.05) is 7.05 Å². The quantitative estimate of drug-likeness (QED) is 0.935. The Bertz CT molecular complexity index is 574. The van der Waals surface area contributed by atoms with Crippen molar-refractivity contribution < 1.29 is 4.39 Å². The van der Waals surface area contributed by atoms with E-state index in [2.05, 4.69) is 15.3 Å². The van der Waals surface area contributed by atoms with Crippen LogP contribution >= 0.6 is 11.6 Å². The number of nitrogens with zero attached hydrogens (tertiary/aromatic N) is 2. The molecular weight excluding hydrogens is 265 g/mol. The summed E-state index contributed by atoms with van der Waals surface area (Å²) in [6.45, 7) is 1.83. The van der Waals surface area contributed by atoms with Gasteiger partial charge in [0, 0.05) is 6.20 Å². The van der Waals surface area contributed by atoms with Crippen LogP contribution in [0.15, 0.2) is 30.5 Å². The summed E-state index contributed by atoms with van der Waals surface area (Å²) < 4.78 is 13.9. The van der Waals surface area contributed by atoms with E-state index in [0.29, 0.717) is 17.8 Å². The molecule has 0 bridgehead atoms. The van der Waals surface area contributed by atoms with Gasteiger partial charge in [-0.25, -0.2) is 14.4 Å². The molecule has 0 aliphatic heterocycles. The lowest BCUT2D eigenvalue weighted by Gasteiger charge is -2.16. The van der Waals surface area contributed by atoms with Crippen LogP contribution in [0.1, 0.15) is 23.1 Å². The first-order chi connectivity index (χ1) is 9.11. The first kappa shape index (κ1) is 13.9. The number of hydrogen-bond acceptors (Lipinski definition) is 3. The fourth-order valence-corrected chi connectivity index (χ4v) is 2.14. The van der Waals surface area contributed by atoms with Gasteiger partial charge in [-0.3, -0.25) is 0 Å². The van der Waals surface area contributed by atoms with Crippen LogP contribution in [0, 0.1) is 12.7 Å². The largest absolute Gasteiger partial charge is 0.311 e. The lowest BCUT2D eigenvalue weighted by molar-refractivity contribution is 0.543. The van der Waals surface area contributed by atoms with Crippen LogP contribution in [0.2, 0.25) is 5.02 Å². The van der Waals surface area contributed by atoms with Crippen molar-refractivity contribution in [2.24, 2.45) is 0 Å². The second kappa shape index (κ2) is 6.08. The number of halogens is 2. The summed E-state index contributed by atoms with van der Waals surface area (Å²) in [5.74, 6) is 0.333. The first-order valence-corrected chi connectivity index (χ1v) is 6.39. The zero-order valence-electron chi connectivity index (χ0n) is 10.8. The fraction of sp³-hybridized carbons (Fsp3) is 0.286. The standard InChI is InChI=1S/C14H15ClFN3/c1-9-18-7-6-12(19-9)13(17-2)8-10-4-3-5-11(15)14(10)16/h3-7,13,17H,8H2,1-2H3. The lowest BCUT2D eigenvalue weighted by Crippen LogP contribution is -2.21. The van der Waals surface area contributed by atoms with Gasteiger partial charge in [-0.2, -0.15) is 0 Å². The van der Waals surface area contributed by atoms with Gasteiger partial charge in [0.1, 0.15) is 11.6 Å². The number of aromatic nitrogens is 2. The smallest absolute Gasteiger partial charge is 0.145 e. The predicted octanol–water partition coefficient (Wildman–Crippen LogP) is 3.08. The van der Waals surface area contributed by atoms with Gasteiger partial charge in [0.15, 0.2) is 0 Å². The van der Waals surface area contributed by atoms with Crippen LogP contribution in [0.25, 0.3) is 0 Å². The van der Waals surface area contributed by atoms with Crippen molar-refractivity contribution in [1.82, 2.24) is 15.3 Å². The van der Waals surface area contributed by atoms with Crippen LogP contribution < -0.4 is 5.32 Å². The predicted molar refractivity (Wildman–Crippen MR) is 73.7 cm³/mol. The molecule has 0 fully saturated rings. The molecule has 0 saturated heterocycles. The van der Waals surface area contributed by atoms with Crippen LogP contribution in [0.4, 0.5) is 4.39 Å². The van der Waals surface area contributed by atoms with Gasteiger partial charge in [-0.15, -0.1) is 0 Å². The number of hydrogen-bond donors (Lipinski definition) is 1. The summed E-state index contributed by atoms with van der Waals surface area (Å²) >= 11 is 5.79. The second-order valence-corrected chi connectivity index (χ2v) is 4.69. The van der Waals surface area contributed by atoms with Crippen LogP contribution in [-0.2, 0) is 6.42 Å². The van der Waals surface area contributed by atoms with E-state index >= 15 is 0 Å². The Hall–Kier alpha value is -1.52. The average molecular weight is 280 g/mol. The summed E-state index contributed by atoms with van der Waals surface area (Å²) in [7, 11) is 1.82. The minimum Gasteiger partial charge on any atom is -0.311 e. The molecule has 100 valence electrons. The normalized spacial score (nSPS) is 12.4. The fourth-order valence-electron chi connectivity index (χ4n) is 1.95. The van der Waals surface area contributed by atoms with E-state index in [1.165, 1.54) is 0 Å². The molecule has 5 heteroatoms. The van der Waals surface area contributed by atoms with Gasteiger partial charge in [0.2, 0.25) is 0 Å². The first-order valence-electron chi connectivity index (χ1n) is 6.01. The van der Waals surface area contributed by atoms with Crippen molar-refractivity contribution in [2.45, 2.75) is 19.4 Å². The molecule has 0 spiro atoms. The molecule has 1 heterocycles. The van der Waals surface area contributed by atoms with Crippen molar-refractivity contribution in [3.8, 4) is 0 Å². The number of nitrogens with one attached hydrogen (secondary N) is 1. The highest BCUT2D eigenvalue weighted by atomic mass is 35.5. The Balaban J connectivity index is 2.26. The molecule has 0 saturated carbocycles. The Morgan fingerprint density at radius 1 is 1.37 bits per heavy atom. The lowest BCUT2D eigenvalue weighted by atomic mass is 10.0. The highest BCUT2D eigenvalue weighted by molar-refractivity contribution is 6.30. The van der Waals surface area contributed by atoms with Crippen molar-refractivity contribution in [3.63, 3.8) is 0 Å². The molecule has 0 aliphatic rings. The third-order valence-corrected chi connectivity index (χ3v) is 3.25. The van der Waals surface area contributed by atoms with Crippen LogP contribution in [-0.4, -0.2) is 17.0 Å². The van der Waals surface area contributed by atoms with Crippen LogP contribution in [0.3, 0.4) is 0 Å². The van der Waals surface area contributed by atoms with E-state index in [1.807, 2.05) is 20.0 Å². The van der Waals surface area contributed by atoms with E-state index in [1.54, 1.807) is 24.4 Å². The van der Waals surface area contributed by atoms with Gasteiger partial charge in [-0.1, -0.05) is 23.7 Å². The average Bonchev–Trinajstić information content (AvgIpc) is 2.40. The zero-order chi connectivity index (χ0) is 13.8. The molecule has 3 nitrogen and oxygen atoms in total. The Kier molecular flexibility index (Phi) is 4.45. The number of likely N-dealkylation sites (N-methyl/N-ethyl adjacent to an activating group) is 1. The van der Waals surface area contributed by atoms with Crippen LogP contribution in [0.5, 0.6) is 0 Å². The summed E-state index contributed by atoms with van der Waals surface area (Å²) in [5, 5.41) is 3.29. The molecule has 1 aromatic carbocycles. The van der Waals surface area contributed by atoms with Gasteiger partial charge in [-0.05, 0) is 38.1 Å². The molecule has 2 aromatic rings. The molecule has 1 atom stereocenters. The Morgan fingerprint density at radius 2 is 2.16 bits per heavy atom. The number of benzene rings is 1. The Morgan fingerprint density at radius 3 is 2.84 bits per heavy atom. The third-order valence-electron chi connectivity index (χ3n) is 2.96. The van der Waals surface area contributed by atoms with E-state index < -0.39 is 0 Å². The number of aryl methyl sites for hydroxylation is 1. The zero-order valence-corrected chi connectivity index (χ0v) is 11.6. The van der Waals surface area contributed by atoms with Crippen molar-refractivity contribution >= 4 is 11.6 Å². The van der Waals surface area contributed by atoms with Crippen molar-refractivity contribution in [1.29, 1.82) is 0 Å². The molecule has 1 unspecified atom stereocenters. The molecule has 0 radical (unpaired) electrons. The SMILES string of the molecule is CNC(Cc1cccc(Cl)c1F)c1ccnc(C)n1. The third kappa shape index (κ3) is 3.28. The van der Waals surface area contributed by atoms with Gasteiger partial charge >= 0.3 is 0 Å². The van der Waals surface area contributed by atoms with E-state index in [4.69, 9.17) is 11.6 Å². The van der Waals surface area contributed by atoms with Gasteiger partial charge in [0.05, 0.1) is 16.8 Å².